The molecule has 0 spiro atoms. The first-order valence-corrected chi connectivity index (χ1v) is 9.35. The van der Waals surface area contributed by atoms with Crippen molar-refractivity contribution in [1.82, 2.24) is 10.2 Å². The maximum atomic E-state index is 12.6. The molecule has 0 radical (unpaired) electrons. The van der Waals surface area contributed by atoms with Crippen LogP contribution in [0.15, 0.2) is 30.3 Å². The van der Waals surface area contributed by atoms with Crippen molar-refractivity contribution in [1.29, 1.82) is 0 Å². The molecule has 0 aromatic heterocycles. The van der Waals surface area contributed by atoms with E-state index in [2.05, 4.69) is 5.32 Å². The summed E-state index contributed by atoms with van der Waals surface area (Å²) in [6.45, 7) is 5.85. The largest absolute Gasteiger partial charge is 0.445 e. The first-order valence-electron chi connectivity index (χ1n) is 9.35. The molecular formula is C20H28N2O5. The summed E-state index contributed by atoms with van der Waals surface area (Å²) in [6.07, 6.45) is 0.792. The number of alkyl carbamates (subject to hydrolysis) is 1. The smallest absolute Gasteiger partial charge is 0.410 e. The Morgan fingerprint density at radius 2 is 1.93 bits per heavy atom. The number of amides is 2. The number of nitrogens with zero attached hydrogens (tertiary/aromatic N) is 1. The Labute approximate surface area is 159 Å². The minimum atomic E-state index is -0.879. The molecule has 1 saturated carbocycles. The number of aliphatic hydroxyl groups is 1. The van der Waals surface area contributed by atoms with Gasteiger partial charge in [0.1, 0.15) is 12.2 Å². The van der Waals surface area contributed by atoms with Gasteiger partial charge in [-0.2, -0.15) is 0 Å². The fraction of sp³-hybridized carbons (Fsp3) is 0.600. The van der Waals surface area contributed by atoms with Gasteiger partial charge in [-0.15, -0.1) is 0 Å². The molecule has 1 heterocycles. The Bertz CT molecular complexity index is 681. The minimum absolute atomic E-state index is 0.172. The van der Waals surface area contributed by atoms with Gasteiger partial charge in [-0.1, -0.05) is 30.3 Å². The van der Waals surface area contributed by atoms with E-state index in [1.165, 1.54) is 4.90 Å². The van der Waals surface area contributed by atoms with Crippen LogP contribution in [0.3, 0.4) is 0 Å². The molecule has 2 N–H and O–H groups in total. The van der Waals surface area contributed by atoms with Crippen LogP contribution in [0.5, 0.6) is 0 Å². The van der Waals surface area contributed by atoms with Gasteiger partial charge in [0.15, 0.2) is 0 Å². The number of rotatable bonds is 4. The summed E-state index contributed by atoms with van der Waals surface area (Å²) >= 11 is 0. The van der Waals surface area contributed by atoms with Crippen LogP contribution in [0, 0.1) is 0 Å². The molecule has 7 nitrogen and oxygen atoms in total. The Hall–Kier alpha value is -2.28. The van der Waals surface area contributed by atoms with E-state index in [9.17, 15) is 14.7 Å². The second-order valence-electron chi connectivity index (χ2n) is 8.39. The van der Waals surface area contributed by atoms with Crippen molar-refractivity contribution >= 4 is 12.2 Å². The van der Waals surface area contributed by atoms with Gasteiger partial charge in [-0.05, 0) is 45.6 Å². The highest BCUT2D eigenvalue weighted by molar-refractivity contribution is 5.71. The molecule has 2 fully saturated rings. The molecule has 7 heteroatoms. The zero-order valence-corrected chi connectivity index (χ0v) is 16.1. The average molecular weight is 376 g/mol. The molecule has 27 heavy (non-hydrogen) atoms. The van der Waals surface area contributed by atoms with Crippen molar-refractivity contribution in [3.05, 3.63) is 35.9 Å². The zero-order valence-electron chi connectivity index (χ0n) is 16.1. The van der Waals surface area contributed by atoms with Gasteiger partial charge in [0, 0.05) is 6.54 Å². The summed E-state index contributed by atoms with van der Waals surface area (Å²) in [5, 5.41) is 13.4. The molecule has 1 aliphatic carbocycles. The van der Waals surface area contributed by atoms with E-state index >= 15 is 0 Å². The predicted octanol–water partition coefficient (Wildman–Crippen LogP) is 2.82. The normalized spacial score (nSPS) is 23.6. The average Bonchev–Trinajstić information content (AvgIpc) is 3.18. The number of likely N-dealkylation sites (tertiary alicyclic amines) is 1. The van der Waals surface area contributed by atoms with Crippen LogP contribution >= 0.6 is 0 Å². The second kappa shape index (κ2) is 7.38. The van der Waals surface area contributed by atoms with Crippen LogP contribution < -0.4 is 5.32 Å². The maximum Gasteiger partial charge on any atom is 0.410 e. The first-order chi connectivity index (χ1) is 12.7. The lowest BCUT2D eigenvalue weighted by atomic mass is 10.1. The summed E-state index contributed by atoms with van der Waals surface area (Å²) in [4.78, 5) is 26.2. The van der Waals surface area contributed by atoms with E-state index in [1.807, 2.05) is 30.3 Å². The summed E-state index contributed by atoms with van der Waals surface area (Å²) in [5.41, 5.74) is -0.573. The third-order valence-electron chi connectivity index (χ3n) is 4.84. The standard InChI is InChI=1S/C20H28N2O5/c1-19(2,3)27-17(23)21-15-11-16(20(25)9-10-20)22(12-15)18(24)26-13-14-7-5-4-6-8-14/h4-8,15-16,25H,9-13H2,1-3H3,(H,21,23)/t15-,16-/m0/s1. The molecule has 1 saturated heterocycles. The molecule has 0 unspecified atom stereocenters. The lowest BCUT2D eigenvalue weighted by Gasteiger charge is -2.27. The fourth-order valence-corrected chi connectivity index (χ4v) is 3.39. The number of benzene rings is 1. The van der Waals surface area contributed by atoms with Crippen LogP contribution in [0.1, 0.15) is 45.6 Å². The predicted molar refractivity (Wildman–Crippen MR) is 99.1 cm³/mol. The van der Waals surface area contributed by atoms with Gasteiger partial charge in [-0.3, -0.25) is 0 Å². The molecule has 0 bridgehead atoms. The Morgan fingerprint density at radius 3 is 2.52 bits per heavy atom. The van der Waals surface area contributed by atoms with Crippen LogP contribution in [-0.2, 0) is 16.1 Å². The van der Waals surface area contributed by atoms with Gasteiger partial charge in [-0.25, -0.2) is 9.59 Å². The van der Waals surface area contributed by atoms with Gasteiger partial charge >= 0.3 is 12.2 Å². The van der Waals surface area contributed by atoms with E-state index in [0.717, 1.165) is 5.56 Å². The number of ether oxygens (including phenoxy) is 2. The number of hydrogen-bond donors (Lipinski definition) is 2. The second-order valence-corrected chi connectivity index (χ2v) is 8.39. The van der Waals surface area contributed by atoms with Crippen LogP contribution in [0.4, 0.5) is 9.59 Å². The highest BCUT2D eigenvalue weighted by Gasteiger charge is 2.55. The van der Waals surface area contributed by atoms with Crippen LogP contribution in [-0.4, -0.2) is 52.0 Å². The molecule has 1 aromatic carbocycles. The van der Waals surface area contributed by atoms with Gasteiger partial charge < -0.3 is 24.8 Å². The van der Waals surface area contributed by atoms with Gasteiger partial charge in [0.05, 0.1) is 17.7 Å². The third-order valence-corrected chi connectivity index (χ3v) is 4.84. The molecule has 2 atom stereocenters. The molecule has 1 aliphatic heterocycles. The molecule has 1 aromatic rings. The highest BCUT2D eigenvalue weighted by atomic mass is 16.6. The van der Waals surface area contributed by atoms with Crippen LogP contribution in [0.2, 0.25) is 0 Å². The lowest BCUT2D eigenvalue weighted by molar-refractivity contribution is 0.0351. The van der Waals surface area contributed by atoms with E-state index in [4.69, 9.17) is 9.47 Å². The van der Waals surface area contributed by atoms with E-state index in [-0.39, 0.29) is 18.7 Å². The zero-order chi connectivity index (χ0) is 19.7. The number of carbonyl (C=O) groups is 2. The maximum absolute atomic E-state index is 12.6. The summed E-state index contributed by atoms with van der Waals surface area (Å²) in [5.74, 6) is 0. The van der Waals surface area contributed by atoms with Crippen LogP contribution in [0.25, 0.3) is 0 Å². The van der Waals surface area contributed by atoms with Crippen molar-refractivity contribution in [2.45, 2.75) is 69.9 Å². The minimum Gasteiger partial charge on any atom is -0.445 e. The molecular weight excluding hydrogens is 348 g/mol. The SMILES string of the molecule is CC(C)(C)OC(=O)N[C@H]1C[C@@H](C2(O)CC2)N(C(=O)OCc2ccccc2)C1. The Kier molecular flexibility index (Phi) is 5.33. The highest BCUT2D eigenvalue weighted by Crippen LogP contribution is 2.44. The van der Waals surface area contributed by atoms with E-state index in [0.29, 0.717) is 25.8 Å². The monoisotopic (exact) mass is 376 g/mol. The van der Waals surface area contributed by atoms with E-state index in [1.54, 1.807) is 20.8 Å². The Morgan fingerprint density at radius 1 is 1.26 bits per heavy atom. The third kappa shape index (κ3) is 5.13. The Balaban J connectivity index is 1.60. The van der Waals surface area contributed by atoms with Crippen molar-refractivity contribution in [3.63, 3.8) is 0 Å². The quantitative estimate of drug-likeness (QED) is 0.844. The molecule has 2 amide bonds. The van der Waals surface area contributed by atoms with Crippen molar-refractivity contribution in [2.75, 3.05) is 6.54 Å². The van der Waals surface area contributed by atoms with Gasteiger partial charge in [0.2, 0.25) is 0 Å². The molecule has 148 valence electrons. The van der Waals surface area contributed by atoms with Crippen molar-refractivity contribution < 1.29 is 24.2 Å². The van der Waals surface area contributed by atoms with E-state index < -0.39 is 23.4 Å². The fourth-order valence-electron chi connectivity index (χ4n) is 3.39. The lowest BCUT2D eigenvalue weighted by Crippen LogP contribution is -2.44. The topological polar surface area (TPSA) is 88.1 Å². The van der Waals surface area contributed by atoms with Gasteiger partial charge in [0.25, 0.3) is 0 Å². The van der Waals surface area contributed by atoms with Crippen molar-refractivity contribution in [2.24, 2.45) is 0 Å². The van der Waals surface area contributed by atoms with Crippen molar-refractivity contribution in [3.8, 4) is 0 Å². The number of carbonyl (C=O) groups excluding carboxylic acids is 2. The summed E-state index contributed by atoms with van der Waals surface area (Å²) in [6, 6.07) is 8.80. The molecule has 2 aliphatic rings. The molecule has 3 rings (SSSR count). The first kappa shape index (κ1) is 19.5. The number of hydrogen-bond acceptors (Lipinski definition) is 5. The summed E-state index contributed by atoms with van der Waals surface area (Å²) in [7, 11) is 0. The number of nitrogens with one attached hydrogen (secondary N) is 1. The summed E-state index contributed by atoms with van der Waals surface area (Å²) < 4.78 is 10.7.